The normalized spacial score (nSPS) is 17.2. The van der Waals surface area contributed by atoms with E-state index in [1.54, 1.807) is 23.6 Å². The Hall–Kier alpha value is -2.36. The van der Waals surface area contributed by atoms with E-state index in [2.05, 4.69) is 10.6 Å². The van der Waals surface area contributed by atoms with E-state index in [0.717, 1.165) is 21.2 Å². The number of nitrogens with zero attached hydrogens (tertiary/aromatic N) is 1. The number of hydrogen-bond donors (Lipinski definition) is 3. The van der Waals surface area contributed by atoms with Gasteiger partial charge in [0.2, 0.25) is 10.0 Å². The van der Waals surface area contributed by atoms with Crippen LogP contribution in [0.15, 0.2) is 50.9 Å². The van der Waals surface area contributed by atoms with Gasteiger partial charge >= 0.3 is 11.8 Å². The Labute approximate surface area is 189 Å². The summed E-state index contributed by atoms with van der Waals surface area (Å²) < 4.78 is 54.5. The zero-order valence-corrected chi connectivity index (χ0v) is 19.2. The van der Waals surface area contributed by atoms with Gasteiger partial charge in [0.1, 0.15) is 10.4 Å². The number of rotatable bonds is 8. The van der Waals surface area contributed by atoms with Crippen molar-refractivity contribution in [1.82, 2.24) is 14.9 Å². The molecule has 174 valence electrons. The topological polar surface area (TPSA) is 165 Å². The molecule has 0 bridgehead atoms. The Balaban J connectivity index is 1.46. The molecule has 0 radical (unpaired) electrons. The van der Waals surface area contributed by atoms with Crippen molar-refractivity contribution in [3.63, 3.8) is 0 Å². The second-order valence-corrected chi connectivity index (χ2v) is 11.4. The Morgan fingerprint density at radius 3 is 2.41 bits per heavy atom. The number of amides is 2. The van der Waals surface area contributed by atoms with Crippen LogP contribution in [-0.4, -0.2) is 65.4 Å². The molecular formula is C18H22N4O7S3. The Morgan fingerprint density at radius 2 is 1.78 bits per heavy atom. The summed E-state index contributed by atoms with van der Waals surface area (Å²) >= 11 is 1.08. The number of carbonyl (C=O) groups is 2. The SMILES string of the molecule is NS(=O)(=O)c1ccc(CCNC(=O)C(=O)NC[C@H]2OCCN2S(=O)(=O)c2cccs2)cc1. The first kappa shape index (κ1) is 24.3. The minimum absolute atomic E-state index is 0.0195. The second-order valence-electron chi connectivity index (χ2n) is 6.78. The van der Waals surface area contributed by atoms with E-state index in [-0.39, 0.29) is 35.3 Å². The third-order valence-corrected chi connectivity index (χ3v) is 8.79. The van der Waals surface area contributed by atoms with Crippen LogP contribution >= 0.6 is 11.3 Å². The fourth-order valence-electron chi connectivity index (χ4n) is 2.97. The van der Waals surface area contributed by atoms with E-state index in [9.17, 15) is 26.4 Å². The van der Waals surface area contributed by atoms with Gasteiger partial charge in [-0.25, -0.2) is 22.0 Å². The first-order valence-corrected chi connectivity index (χ1v) is 13.3. The molecule has 32 heavy (non-hydrogen) atoms. The molecule has 0 unspecified atom stereocenters. The second kappa shape index (κ2) is 10.1. The van der Waals surface area contributed by atoms with Crippen LogP contribution in [0.3, 0.4) is 0 Å². The molecule has 1 aromatic heterocycles. The fraction of sp³-hybridized carbons (Fsp3) is 0.333. The molecule has 1 aliphatic rings. The Kier molecular flexibility index (Phi) is 7.63. The average Bonchev–Trinajstić information content (AvgIpc) is 3.44. The van der Waals surface area contributed by atoms with E-state index in [1.807, 2.05) is 0 Å². The summed E-state index contributed by atoms with van der Waals surface area (Å²) in [4.78, 5) is 24.0. The van der Waals surface area contributed by atoms with Crippen molar-refractivity contribution >= 4 is 43.2 Å². The summed E-state index contributed by atoms with van der Waals surface area (Å²) in [6.45, 7) is 0.296. The molecular weight excluding hydrogens is 480 g/mol. The minimum atomic E-state index is -3.78. The Bertz CT molecular complexity index is 1160. The fourth-order valence-corrected chi connectivity index (χ4v) is 6.12. The summed E-state index contributed by atoms with van der Waals surface area (Å²) in [6, 6.07) is 8.96. The number of nitrogens with one attached hydrogen (secondary N) is 2. The lowest BCUT2D eigenvalue weighted by atomic mass is 10.1. The monoisotopic (exact) mass is 502 g/mol. The molecule has 1 fully saturated rings. The standard InChI is InChI=1S/C18H22N4O7S3/c19-31(25,26)14-5-3-13(4-6-14)7-8-20-17(23)18(24)21-12-15-22(9-10-29-15)32(27,28)16-2-1-11-30-16/h1-6,11,15H,7-10,12H2,(H,20,23)(H,21,24)(H2,19,25,26)/t15-/m1/s1. The van der Waals surface area contributed by atoms with Gasteiger partial charge in [-0.05, 0) is 35.6 Å². The van der Waals surface area contributed by atoms with E-state index in [0.29, 0.717) is 6.42 Å². The predicted molar refractivity (Wildman–Crippen MR) is 115 cm³/mol. The Morgan fingerprint density at radius 1 is 1.09 bits per heavy atom. The molecule has 1 saturated heterocycles. The number of carbonyl (C=O) groups excluding carboxylic acids is 2. The van der Waals surface area contributed by atoms with Crippen molar-refractivity contribution in [1.29, 1.82) is 0 Å². The van der Waals surface area contributed by atoms with E-state index in [4.69, 9.17) is 9.88 Å². The number of ether oxygens (including phenoxy) is 1. The van der Waals surface area contributed by atoms with Gasteiger partial charge in [-0.15, -0.1) is 11.3 Å². The number of sulfonamides is 2. The molecule has 2 heterocycles. The molecule has 1 aromatic carbocycles. The van der Waals surface area contributed by atoms with Crippen LogP contribution in [0.5, 0.6) is 0 Å². The highest BCUT2D eigenvalue weighted by molar-refractivity contribution is 7.91. The lowest BCUT2D eigenvalue weighted by molar-refractivity contribution is -0.139. The molecule has 11 nitrogen and oxygen atoms in total. The van der Waals surface area contributed by atoms with E-state index < -0.39 is 38.1 Å². The molecule has 1 aliphatic heterocycles. The molecule has 2 aromatic rings. The molecule has 14 heteroatoms. The number of benzene rings is 1. The molecule has 2 amide bonds. The lowest BCUT2D eigenvalue weighted by Gasteiger charge is -2.22. The van der Waals surface area contributed by atoms with Gasteiger partial charge in [-0.2, -0.15) is 4.31 Å². The maximum absolute atomic E-state index is 12.7. The molecule has 0 spiro atoms. The summed E-state index contributed by atoms with van der Waals surface area (Å²) in [6.07, 6.45) is -0.543. The number of nitrogens with two attached hydrogens (primary N) is 1. The highest BCUT2D eigenvalue weighted by Crippen LogP contribution is 2.25. The predicted octanol–water partition coefficient (Wildman–Crippen LogP) is -0.782. The highest BCUT2D eigenvalue weighted by atomic mass is 32.2. The molecule has 0 saturated carbocycles. The van der Waals surface area contributed by atoms with Crippen molar-refractivity contribution in [2.45, 2.75) is 21.8 Å². The van der Waals surface area contributed by atoms with Gasteiger partial charge in [0.15, 0.2) is 0 Å². The highest BCUT2D eigenvalue weighted by Gasteiger charge is 2.37. The summed E-state index contributed by atoms with van der Waals surface area (Å²) in [7, 11) is -7.52. The third kappa shape index (κ3) is 5.90. The van der Waals surface area contributed by atoms with Gasteiger partial charge in [-0.1, -0.05) is 18.2 Å². The van der Waals surface area contributed by atoms with E-state index >= 15 is 0 Å². The van der Waals surface area contributed by atoms with Gasteiger partial charge in [0, 0.05) is 13.1 Å². The largest absolute Gasteiger partial charge is 0.359 e. The van der Waals surface area contributed by atoms with Gasteiger partial charge in [-0.3, -0.25) is 9.59 Å². The van der Waals surface area contributed by atoms with E-state index in [1.165, 1.54) is 18.2 Å². The van der Waals surface area contributed by atoms with Crippen LogP contribution in [0.2, 0.25) is 0 Å². The number of primary sulfonamides is 1. The minimum Gasteiger partial charge on any atom is -0.359 e. The smallest absolute Gasteiger partial charge is 0.309 e. The molecule has 4 N–H and O–H groups in total. The van der Waals surface area contributed by atoms with Crippen LogP contribution in [0.1, 0.15) is 5.56 Å². The maximum Gasteiger partial charge on any atom is 0.309 e. The van der Waals surface area contributed by atoms with Crippen LogP contribution in [-0.2, 0) is 40.8 Å². The van der Waals surface area contributed by atoms with Crippen LogP contribution in [0, 0.1) is 0 Å². The zero-order chi connectivity index (χ0) is 23.4. The van der Waals surface area contributed by atoms with Crippen molar-refractivity contribution in [3.05, 3.63) is 47.3 Å². The van der Waals surface area contributed by atoms with Crippen molar-refractivity contribution in [2.75, 3.05) is 26.2 Å². The van der Waals surface area contributed by atoms with Crippen molar-refractivity contribution in [3.8, 4) is 0 Å². The third-order valence-electron chi connectivity index (χ3n) is 4.60. The molecule has 3 rings (SSSR count). The summed E-state index contributed by atoms with van der Waals surface area (Å²) in [5, 5.41) is 11.5. The first-order valence-electron chi connectivity index (χ1n) is 9.44. The van der Waals surface area contributed by atoms with Crippen LogP contribution in [0.4, 0.5) is 0 Å². The molecule has 0 aliphatic carbocycles. The average molecular weight is 503 g/mol. The number of hydrogen-bond acceptors (Lipinski definition) is 8. The van der Waals surface area contributed by atoms with Crippen LogP contribution in [0.25, 0.3) is 0 Å². The first-order chi connectivity index (χ1) is 15.1. The summed E-state index contributed by atoms with van der Waals surface area (Å²) in [5.74, 6) is -1.80. The number of thiophene rings is 1. The van der Waals surface area contributed by atoms with Crippen molar-refractivity contribution in [2.24, 2.45) is 5.14 Å². The lowest BCUT2D eigenvalue weighted by Crippen LogP contribution is -2.47. The molecule has 1 atom stereocenters. The van der Waals surface area contributed by atoms with Gasteiger partial charge in [0.05, 0.1) is 18.0 Å². The summed E-state index contributed by atoms with van der Waals surface area (Å²) in [5.41, 5.74) is 0.742. The van der Waals surface area contributed by atoms with Gasteiger partial charge < -0.3 is 15.4 Å². The zero-order valence-electron chi connectivity index (χ0n) is 16.8. The van der Waals surface area contributed by atoms with Gasteiger partial charge in [0.25, 0.3) is 10.0 Å². The van der Waals surface area contributed by atoms with Crippen LogP contribution < -0.4 is 15.8 Å². The van der Waals surface area contributed by atoms with Crippen molar-refractivity contribution < 1.29 is 31.2 Å². The quantitative estimate of drug-likeness (QED) is 0.398. The maximum atomic E-state index is 12.7.